The van der Waals surface area contributed by atoms with Gasteiger partial charge in [0.05, 0.1) is 11.4 Å². The van der Waals surface area contributed by atoms with Gasteiger partial charge in [-0.1, -0.05) is 53.6 Å². The highest BCUT2D eigenvalue weighted by molar-refractivity contribution is 6.30. The molecule has 4 aromatic rings. The SMILES string of the molecule is Cc1ccc(-c2cc(N3CCc4[nH]nc(-c5cccc(Cl)c5)c4C3)nc(C)n2)cc1. The molecule has 0 bridgehead atoms. The zero-order valence-electron chi connectivity index (χ0n) is 17.0. The molecule has 3 heterocycles. The summed E-state index contributed by atoms with van der Waals surface area (Å²) in [5, 5.41) is 8.52. The van der Waals surface area contributed by atoms with Crippen LogP contribution >= 0.6 is 11.6 Å². The first-order chi connectivity index (χ1) is 14.6. The molecule has 1 N–H and O–H groups in total. The van der Waals surface area contributed by atoms with E-state index in [4.69, 9.17) is 16.6 Å². The molecule has 2 aromatic heterocycles. The number of anilines is 1. The normalized spacial score (nSPS) is 13.4. The fourth-order valence-electron chi connectivity index (χ4n) is 3.95. The highest BCUT2D eigenvalue weighted by atomic mass is 35.5. The maximum Gasteiger partial charge on any atom is 0.133 e. The van der Waals surface area contributed by atoms with E-state index in [1.807, 2.05) is 31.2 Å². The zero-order valence-corrected chi connectivity index (χ0v) is 17.7. The second-order valence-corrected chi connectivity index (χ2v) is 8.17. The minimum atomic E-state index is 0.714. The molecule has 0 atom stereocenters. The topological polar surface area (TPSA) is 57.7 Å². The van der Waals surface area contributed by atoms with Crippen LogP contribution in [0.15, 0.2) is 54.6 Å². The smallest absolute Gasteiger partial charge is 0.133 e. The van der Waals surface area contributed by atoms with Gasteiger partial charge in [-0.3, -0.25) is 5.10 Å². The summed E-state index contributed by atoms with van der Waals surface area (Å²) in [6.07, 6.45) is 0.895. The summed E-state index contributed by atoms with van der Waals surface area (Å²) in [4.78, 5) is 11.7. The highest BCUT2D eigenvalue weighted by Gasteiger charge is 2.24. The summed E-state index contributed by atoms with van der Waals surface area (Å²) < 4.78 is 0. The fraction of sp³-hybridized carbons (Fsp3) is 0.208. The Bertz CT molecular complexity index is 1210. The molecule has 0 fully saturated rings. The molecule has 30 heavy (non-hydrogen) atoms. The molecule has 5 nitrogen and oxygen atoms in total. The highest BCUT2D eigenvalue weighted by Crippen LogP contribution is 2.32. The van der Waals surface area contributed by atoms with Gasteiger partial charge in [-0.25, -0.2) is 9.97 Å². The van der Waals surface area contributed by atoms with Gasteiger partial charge < -0.3 is 4.90 Å². The first-order valence-corrected chi connectivity index (χ1v) is 10.4. The molecule has 6 heteroatoms. The second-order valence-electron chi connectivity index (χ2n) is 7.74. The molecule has 0 spiro atoms. The molecule has 0 unspecified atom stereocenters. The van der Waals surface area contributed by atoms with E-state index < -0.39 is 0 Å². The number of halogens is 1. The molecule has 150 valence electrons. The lowest BCUT2D eigenvalue weighted by Gasteiger charge is -2.28. The number of H-pyrrole nitrogens is 1. The lowest BCUT2D eigenvalue weighted by atomic mass is 10.0. The van der Waals surface area contributed by atoms with Crippen molar-refractivity contribution in [1.29, 1.82) is 0 Å². The van der Waals surface area contributed by atoms with Crippen LogP contribution in [0.2, 0.25) is 5.02 Å². The summed E-state index contributed by atoms with van der Waals surface area (Å²) in [5.74, 6) is 1.72. The predicted octanol–water partition coefficient (Wildman–Crippen LogP) is 5.37. The monoisotopic (exact) mass is 415 g/mol. The Balaban J connectivity index is 1.49. The molecule has 2 aromatic carbocycles. The van der Waals surface area contributed by atoms with Crippen molar-refractivity contribution < 1.29 is 0 Å². The van der Waals surface area contributed by atoms with E-state index in [2.05, 4.69) is 57.3 Å². The van der Waals surface area contributed by atoms with Crippen LogP contribution in [0.5, 0.6) is 0 Å². The molecular weight excluding hydrogens is 394 g/mol. The van der Waals surface area contributed by atoms with Crippen LogP contribution in [0.25, 0.3) is 22.5 Å². The van der Waals surface area contributed by atoms with E-state index in [1.54, 1.807) is 0 Å². The number of benzene rings is 2. The molecule has 1 aliphatic rings. The molecule has 0 aliphatic carbocycles. The molecule has 0 amide bonds. The average Bonchev–Trinajstić information content (AvgIpc) is 3.17. The lowest BCUT2D eigenvalue weighted by Crippen LogP contribution is -2.31. The van der Waals surface area contributed by atoms with Crippen LogP contribution < -0.4 is 4.90 Å². The van der Waals surface area contributed by atoms with Gasteiger partial charge in [-0.2, -0.15) is 5.10 Å². The Labute approximate surface area is 180 Å². The van der Waals surface area contributed by atoms with Gasteiger partial charge in [0.25, 0.3) is 0 Å². The third-order valence-corrected chi connectivity index (χ3v) is 5.76. The van der Waals surface area contributed by atoms with Crippen LogP contribution in [0.1, 0.15) is 22.6 Å². The quantitative estimate of drug-likeness (QED) is 0.489. The number of fused-ring (bicyclic) bond motifs is 1. The van der Waals surface area contributed by atoms with Crippen molar-refractivity contribution in [3.05, 3.63) is 82.3 Å². The van der Waals surface area contributed by atoms with E-state index in [1.165, 1.54) is 16.8 Å². The maximum atomic E-state index is 6.21. The minimum absolute atomic E-state index is 0.714. The Morgan fingerprint density at radius 1 is 0.967 bits per heavy atom. The number of nitrogens with zero attached hydrogens (tertiary/aromatic N) is 4. The van der Waals surface area contributed by atoms with E-state index in [0.717, 1.165) is 53.7 Å². The summed E-state index contributed by atoms with van der Waals surface area (Å²) >= 11 is 6.21. The maximum absolute atomic E-state index is 6.21. The van der Waals surface area contributed by atoms with Gasteiger partial charge in [0.1, 0.15) is 11.6 Å². The van der Waals surface area contributed by atoms with Gasteiger partial charge in [0.15, 0.2) is 0 Å². The summed E-state index contributed by atoms with van der Waals surface area (Å²) in [6, 6.07) is 18.4. The van der Waals surface area contributed by atoms with Crippen molar-refractivity contribution in [3.63, 3.8) is 0 Å². The third kappa shape index (κ3) is 3.57. The van der Waals surface area contributed by atoms with Crippen molar-refractivity contribution in [2.24, 2.45) is 0 Å². The van der Waals surface area contributed by atoms with Gasteiger partial charge in [0, 0.05) is 53.0 Å². The van der Waals surface area contributed by atoms with E-state index in [9.17, 15) is 0 Å². The number of aromatic nitrogens is 4. The van der Waals surface area contributed by atoms with Gasteiger partial charge in [0.2, 0.25) is 0 Å². The number of hydrogen-bond acceptors (Lipinski definition) is 4. The summed E-state index contributed by atoms with van der Waals surface area (Å²) in [5.41, 5.74) is 7.67. The van der Waals surface area contributed by atoms with E-state index >= 15 is 0 Å². The molecule has 1 aliphatic heterocycles. The van der Waals surface area contributed by atoms with E-state index in [0.29, 0.717) is 5.02 Å². The first kappa shape index (κ1) is 18.8. The van der Waals surface area contributed by atoms with Crippen molar-refractivity contribution in [2.45, 2.75) is 26.8 Å². The number of aromatic amines is 1. The number of hydrogen-bond donors (Lipinski definition) is 1. The second kappa shape index (κ2) is 7.58. The van der Waals surface area contributed by atoms with Gasteiger partial charge >= 0.3 is 0 Å². The van der Waals surface area contributed by atoms with Crippen LogP contribution in [-0.2, 0) is 13.0 Å². The summed E-state index contributed by atoms with van der Waals surface area (Å²) in [7, 11) is 0. The number of aryl methyl sites for hydroxylation is 2. The zero-order chi connectivity index (χ0) is 20.7. The number of nitrogens with one attached hydrogen (secondary N) is 1. The van der Waals surface area contributed by atoms with Crippen LogP contribution in [0, 0.1) is 13.8 Å². The Kier molecular flexibility index (Phi) is 4.75. The lowest BCUT2D eigenvalue weighted by molar-refractivity contribution is 0.708. The average molecular weight is 416 g/mol. The van der Waals surface area contributed by atoms with Crippen LogP contribution in [0.4, 0.5) is 5.82 Å². The van der Waals surface area contributed by atoms with Crippen LogP contribution in [0.3, 0.4) is 0 Å². The van der Waals surface area contributed by atoms with Crippen LogP contribution in [-0.4, -0.2) is 26.7 Å². The van der Waals surface area contributed by atoms with E-state index in [-0.39, 0.29) is 0 Å². The number of rotatable bonds is 3. The minimum Gasteiger partial charge on any atom is -0.352 e. The predicted molar refractivity (Wildman–Crippen MR) is 121 cm³/mol. The summed E-state index contributed by atoms with van der Waals surface area (Å²) in [6.45, 7) is 5.67. The first-order valence-electron chi connectivity index (χ1n) is 10.1. The van der Waals surface area contributed by atoms with Crippen molar-refractivity contribution in [1.82, 2.24) is 20.2 Å². The Morgan fingerprint density at radius 3 is 2.60 bits per heavy atom. The Hall–Kier alpha value is -3.18. The third-order valence-electron chi connectivity index (χ3n) is 5.53. The molecular formula is C24H22ClN5. The molecule has 0 saturated carbocycles. The fourth-order valence-corrected chi connectivity index (χ4v) is 4.14. The molecule has 0 radical (unpaired) electrons. The van der Waals surface area contributed by atoms with Crippen molar-refractivity contribution in [3.8, 4) is 22.5 Å². The molecule has 5 rings (SSSR count). The Morgan fingerprint density at radius 2 is 1.80 bits per heavy atom. The van der Waals surface area contributed by atoms with Crippen molar-refractivity contribution >= 4 is 17.4 Å². The molecule has 0 saturated heterocycles. The standard InChI is InChI=1S/C24H22ClN5/c1-15-6-8-17(9-7-15)22-13-23(27-16(2)26-22)30-11-10-21-20(14-30)24(29-28-21)18-4-3-5-19(25)12-18/h3-9,12-13H,10-11,14H2,1-2H3,(H,28,29). The van der Waals surface area contributed by atoms with Gasteiger partial charge in [-0.15, -0.1) is 0 Å². The largest absolute Gasteiger partial charge is 0.352 e. The van der Waals surface area contributed by atoms with Crippen molar-refractivity contribution in [2.75, 3.05) is 11.4 Å². The van der Waals surface area contributed by atoms with Gasteiger partial charge in [-0.05, 0) is 26.0 Å².